The number of aryl methyl sites for hydroxylation is 1. The summed E-state index contributed by atoms with van der Waals surface area (Å²) in [4.78, 5) is 29.4. The zero-order chi connectivity index (χ0) is 18.5. The summed E-state index contributed by atoms with van der Waals surface area (Å²) < 4.78 is 14.3. The van der Waals surface area contributed by atoms with Gasteiger partial charge in [0.15, 0.2) is 0 Å². The first-order chi connectivity index (χ1) is 12.6. The summed E-state index contributed by atoms with van der Waals surface area (Å²) in [7, 11) is 0. The Hall–Kier alpha value is -3.28. The van der Waals surface area contributed by atoms with Crippen molar-refractivity contribution in [3.8, 4) is 11.4 Å². The first kappa shape index (κ1) is 17.5. The van der Waals surface area contributed by atoms with Crippen molar-refractivity contribution in [3.63, 3.8) is 0 Å². The lowest BCUT2D eigenvalue weighted by Crippen LogP contribution is -2.30. The number of hydrogen-bond donors (Lipinski definition) is 1. The van der Waals surface area contributed by atoms with Crippen molar-refractivity contribution >= 4 is 11.6 Å². The van der Waals surface area contributed by atoms with E-state index in [-0.39, 0.29) is 23.8 Å². The molecule has 1 aromatic heterocycles. The Bertz CT molecular complexity index is 967. The number of benzene rings is 2. The molecule has 5 nitrogen and oxygen atoms in total. The van der Waals surface area contributed by atoms with Gasteiger partial charge in [-0.05, 0) is 30.7 Å². The van der Waals surface area contributed by atoms with Gasteiger partial charge in [-0.25, -0.2) is 9.37 Å². The van der Waals surface area contributed by atoms with Gasteiger partial charge >= 0.3 is 0 Å². The molecule has 3 rings (SSSR count). The van der Waals surface area contributed by atoms with Crippen molar-refractivity contribution < 1.29 is 9.18 Å². The van der Waals surface area contributed by atoms with Crippen molar-refractivity contribution in [2.45, 2.75) is 19.9 Å². The highest BCUT2D eigenvalue weighted by Gasteiger charge is 2.13. The normalized spacial score (nSPS) is 10.5. The highest BCUT2D eigenvalue weighted by molar-refractivity contribution is 5.90. The summed E-state index contributed by atoms with van der Waals surface area (Å²) in [5, 5.41) is 2.66. The molecule has 0 aliphatic rings. The van der Waals surface area contributed by atoms with Crippen LogP contribution in [0, 0.1) is 5.82 Å². The first-order valence-electron chi connectivity index (χ1n) is 8.28. The van der Waals surface area contributed by atoms with Crippen LogP contribution in [0.3, 0.4) is 0 Å². The van der Waals surface area contributed by atoms with Crippen molar-refractivity contribution in [2.75, 3.05) is 5.32 Å². The predicted molar refractivity (Wildman–Crippen MR) is 98.3 cm³/mol. The maximum absolute atomic E-state index is 13.0. The Morgan fingerprint density at radius 1 is 1.12 bits per heavy atom. The Balaban J connectivity index is 1.92. The molecule has 0 bridgehead atoms. The van der Waals surface area contributed by atoms with E-state index in [0.717, 1.165) is 5.56 Å². The number of halogens is 1. The molecule has 0 aliphatic carbocycles. The van der Waals surface area contributed by atoms with E-state index in [4.69, 9.17) is 0 Å². The number of carbonyl (C=O) groups is 1. The maximum Gasteiger partial charge on any atom is 0.254 e. The van der Waals surface area contributed by atoms with Crippen LogP contribution in [0.5, 0.6) is 0 Å². The minimum absolute atomic E-state index is 0.183. The molecule has 1 N–H and O–H groups in total. The van der Waals surface area contributed by atoms with Crippen molar-refractivity contribution in [3.05, 3.63) is 82.5 Å². The van der Waals surface area contributed by atoms with Crippen LogP contribution in [0.15, 0.2) is 65.5 Å². The molecule has 1 heterocycles. The second-order valence-electron chi connectivity index (χ2n) is 5.77. The molecule has 0 fully saturated rings. The van der Waals surface area contributed by atoms with Crippen LogP contribution in [0.2, 0.25) is 0 Å². The standard InChI is InChI=1S/C20H18FN3O2/c1-2-16-12-19(26)24(20(23-16)14-6-4-3-5-7-14)13-18(25)22-17-10-8-15(21)9-11-17/h3-12H,2,13H2,1H3,(H,22,25). The predicted octanol–water partition coefficient (Wildman–Crippen LogP) is 3.25. The van der Waals surface area contributed by atoms with E-state index < -0.39 is 0 Å². The van der Waals surface area contributed by atoms with Gasteiger partial charge < -0.3 is 5.32 Å². The van der Waals surface area contributed by atoms with Gasteiger partial charge in [-0.15, -0.1) is 0 Å². The molecule has 1 amide bonds. The average molecular weight is 351 g/mol. The van der Waals surface area contributed by atoms with Gasteiger partial charge in [-0.3, -0.25) is 14.2 Å². The molecule has 0 unspecified atom stereocenters. The van der Waals surface area contributed by atoms with Gasteiger partial charge in [-0.1, -0.05) is 37.3 Å². The lowest BCUT2D eigenvalue weighted by Gasteiger charge is -2.13. The number of nitrogens with one attached hydrogen (secondary N) is 1. The molecule has 0 saturated heterocycles. The minimum atomic E-state index is -0.387. The molecule has 6 heteroatoms. The summed E-state index contributed by atoms with van der Waals surface area (Å²) in [6.45, 7) is 1.74. The Kier molecular flexibility index (Phi) is 5.22. The van der Waals surface area contributed by atoms with E-state index in [1.54, 1.807) is 0 Å². The van der Waals surface area contributed by atoms with E-state index in [1.165, 1.54) is 34.9 Å². The molecule has 26 heavy (non-hydrogen) atoms. The number of anilines is 1. The third-order valence-electron chi connectivity index (χ3n) is 3.89. The smallest absolute Gasteiger partial charge is 0.254 e. The van der Waals surface area contributed by atoms with Gasteiger partial charge in [0.25, 0.3) is 5.56 Å². The number of carbonyl (C=O) groups excluding carboxylic acids is 1. The summed E-state index contributed by atoms with van der Waals surface area (Å²) in [5.74, 6) is -0.323. The SMILES string of the molecule is CCc1cc(=O)n(CC(=O)Nc2ccc(F)cc2)c(-c2ccccc2)n1. The van der Waals surface area contributed by atoms with E-state index in [2.05, 4.69) is 10.3 Å². The van der Waals surface area contributed by atoms with E-state index in [9.17, 15) is 14.0 Å². The molecule has 0 spiro atoms. The number of hydrogen-bond acceptors (Lipinski definition) is 3. The van der Waals surface area contributed by atoms with Crippen LogP contribution < -0.4 is 10.9 Å². The molecule has 0 aliphatic heterocycles. The first-order valence-corrected chi connectivity index (χ1v) is 8.28. The number of amides is 1. The van der Waals surface area contributed by atoms with Gasteiger partial charge in [0.2, 0.25) is 5.91 Å². The molecule has 0 atom stereocenters. The zero-order valence-electron chi connectivity index (χ0n) is 14.3. The fraction of sp³-hybridized carbons (Fsp3) is 0.150. The molecule has 0 radical (unpaired) electrons. The Morgan fingerprint density at radius 3 is 2.46 bits per heavy atom. The number of rotatable bonds is 5. The fourth-order valence-electron chi connectivity index (χ4n) is 2.57. The highest BCUT2D eigenvalue weighted by atomic mass is 19.1. The summed E-state index contributed by atoms with van der Waals surface area (Å²) in [5.41, 5.74) is 1.60. The van der Waals surface area contributed by atoms with Crippen LogP contribution in [-0.4, -0.2) is 15.5 Å². The minimum Gasteiger partial charge on any atom is -0.325 e. The van der Waals surface area contributed by atoms with Crippen LogP contribution in [0.1, 0.15) is 12.6 Å². The quantitative estimate of drug-likeness (QED) is 0.767. The van der Waals surface area contributed by atoms with Gasteiger partial charge in [0.05, 0.1) is 0 Å². The molecule has 132 valence electrons. The average Bonchev–Trinajstić information content (AvgIpc) is 2.65. The van der Waals surface area contributed by atoms with E-state index >= 15 is 0 Å². The van der Waals surface area contributed by atoms with Crippen LogP contribution in [0.4, 0.5) is 10.1 Å². The largest absolute Gasteiger partial charge is 0.325 e. The second kappa shape index (κ2) is 7.74. The number of nitrogens with zero attached hydrogens (tertiary/aromatic N) is 2. The molecule has 3 aromatic rings. The van der Waals surface area contributed by atoms with Gasteiger partial charge in [-0.2, -0.15) is 0 Å². The lowest BCUT2D eigenvalue weighted by atomic mass is 10.2. The van der Waals surface area contributed by atoms with Gasteiger partial charge in [0.1, 0.15) is 18.2 Å². The summed E-state index contributed by atoms with van der Waals surface area (Å²) in [6, 6.07) is 16.1. The van der Waals surface area contributed by atoms with Gasteiger partial charge in [0, 0.05) is 23.0 Å². The fourth-order valence-corrected chi connectivity index (χ4v) is 2.57. The van der Waals surface area contributed by atoms with Crippen molar-refractivity contribution in [1.82, 2.24) is 9.55 Å². The third-order valence-corrected chi connectivity index (χ3v) is 3.89. The van der Waals surface area contributed by atoms with E-state index in [1.807, 2.05) is 37.3 Å². The monoisotopic (exact) mass is 351 g/mol. The zero-order valence-corrected chi connectivity index (χ0v) is 14.3. The molecule has 2 aromatic carbocycles. The van der Waals surface area contributed by atoms with Crippen LogP contribution in [-0.2, 0) is 17.8 Å². The third kappa shape index (κ3) is 4.03. The van der Waals surface area contributed by atoms with Crippen LogP contribution in [0.25, 0.3) is 11.4 Å². The molecular weight excluding hydrogens is 333 g/mol. The van der Waals surface area contributed by atoms with Crippen molar-refractivity contribution in [1.29, 1.82) is 0 Å². The Labute approximate surface area is 150 Å². The lowest BCUT2D eigenvalue weighted by molar-refractivity contribution is -0.116. The molecule has 0 saturated carbocycles. The molecular formula is C20H18FN3O2. The Morgan fingerprint density at radius 2 is 1.81 bits per heavy atom. The number of aromatic nitrogens is 2. The summed E-state index contributed by atoms with van der Waals surface area (Å²) in [6.07, 6.45) is 0.623. The summed E-state index contributed by atoms with van der Waals surface area (Å²) >= 11 is 0. The second-order valence-corrected chi connectivity index (χ2v) is 5.77. The topological polar surface area (TPSA) is 64.0 Å². The van der Waals surface area contributed by atoms with E-state index in [0.29, 0.717) is 23.6 Å². The maximum atomic E-state index is 13.0. The highest BCUT2D eigenvalue weighted by Crippen LogP contribution is 2.16. The van der Waals surface area contributed by atoms with Crippen LogP contribution >= 0.6 is 0 Å². The van der Waals surface area contributed by atoms with Crippen molar-refractivity contribution in [2.24, 2.45) is 0 Å².